The number of nitrogens with zero attached hydrogens (tertiary/aromatic N) is 4. The van der Waals surface area contributed by atoms with Gasteiger partial charge in [0.2, 0.25) is 5.95 Å². The number of hydrogen-bond donors (Lipinski definition) is 1. The van der Waals surface area contributed by atoms with Crippen LogP contribution in [-0.2, 0) is 6.42 Å². The van der Waals surface area contributed by atoms with Gasteiger partial charge >= 0.3 is 0 Å². The predicted octanol–water partition coefficient (Wildman–Crippen LogP) is 4.90. The monoisotopic (exact) mass is 397 g/mol. The van der Waals surface area contributed by atoms with E-state index in [4.69, 9.17) is 9.51 Å². The third kappa shape index (κ3) is 3.77. The molecule has 4 rings (SSSR count). The molecule has 4 aromatic rings. The molecule has 0 unspecified atom stereocenters. The van der Waals surface area contributed by atoms with Crippen molar-refractivity contribution in [1.29, 1.82) is 0 Å². The summed E-state index contributed by atoms with van der Waals surface area (Å²) in [6, 6.07) is 2.08. The van der Waals surface area contributed by atoms with Crippen LogP contribution in [0.15, 0.2) is 32.9 Å². The van der Waals surface area contributed by atoms with Crippen LogP contribution in [0.5, 0.6) is 0 Å². The summed E-state index contributed by atoms with van der Waals surface area (Å²) in [5, 5.41) is 14.4. The highest BCUT2D eigenvalue weighted by Crippen LogP contribution is 2.33. The van der Waals surface area contributed by atoms with Crippen molar-refractivity contribution in [2.24, 2.45) is 0 Å². The Morgan fingerprint density at radius 3 is 2.70 bits per heavy atom. The third-order valence-corrected chi connectivity index (χ3v) is 5.93. The summed E-state index contributed by atoms with van der Waals surface area (Å²) in [5.41, 5.74) is 6.04. The molecule has 0 aliphatic carbocycles. The van der Waals surface area contributed by atoms with Crippen LogP contribution in [0.3, 0.4) is 0 Å². The molecule has 0 fully saturated rings. The van der Waals surface area contributed by atoms with Crippen molar-refractivity contribution < 1.29 is 4.52 Å². The molecule has 0 saturated heterocycles. The van der Waals surface area contributed by atoms with Gasteiger partial charge in [-0.05, 0) is 49.6 Å². The van der Waals surface area contributed by atoms with Crippen molar-refractivity contribution in [2.75, 3.05) is 11.9 Å². The molecule has 0 radical (unpaired) electrons. The van der Waals surface area contributed by atoms with Crippen LogP contribution in [0.4, 0.5) is 5.95 Å². The summed E-state index contributed by atoms with van der Waals surface area (Å²) >= 11 is 3.26. The number of thiophene rings is 1. The van der Waals surface area contributed by atoms with E-state index in [1.54, 1.807) is 22.7 Å². The van der Waals surface area contributed by atoms with Crippen LogP contribution in [0.1, 0.15) is 22.7 Å². The second kappa shape index (κ2) is 7.58. The Balaban J connectivity index is 1.59. The smallest absolute Gasteiger partial charge is 0.223 e. The molecule has 0 aromatic carbocycles. The summed E-state index contributed by atoms with van der Waals surface area (Å²) in [6.07, 6.45) is 2.68. The summed E-state index contributed by atoms with van der Waals surface area (Å²) in [5.74, 6) is 1.46. The standard InChI is InChI=1S/C19H19N5OS2/c1-11-9-27-18(22-11)17-16(14-5-7-26-10-14)8-21-19(23-17)20-6-4-15-12(2)24-25-13(15)3/h5,7-10H,4,6H2,1-3H3,(H,20,21,23). The number of aromatic nitrogens is 4. The maximum Gasteiger partial charge on any atom is 0.223 e. The fraction of sp³-hybridized carbons (Fsp3) is 0.263. The Morgan fingerprint density at radius 2 is 2.04 bits per heavy atom. The van der Waals surface area contributed by atoms with Gasteiger partial charge in [-0.1, -0.05) is 5.16 Å². The second-order valence-electron chi connectivity index (χ2n) is 6.24. The SMILES string of the molecule is Cc1csc(-c2nc(NCCc3c(C)noc3C)ncc2-c2ccsc2)n1. The number of anilines is 1. The molecule has 0 atom stereocenters. The average Bonchev–Trinajstić information content (AvgIpc) is 3.40. The lowest BCUT2D eigenvalue weighted by molar-refractivity contribution is 0.392. The van der Waals surface area contributed by atoms with Gasteiger partial charge in [-0.2, -0.15) is 11.3 Å². The molecule has 0 spiro atoms. The zero-order valence-corrected chi connectivity index (χ0v) is 16.9. The fourth-order valence-electron chi connectivity index (χ4n) is 2.88. The summed E-state index contributed by atoms with van der Waals surface area (Å²) in [4.78, 5) is 13.9. The van der Waals surface area contributed by atoms with Crippen molar-refractivity contribution in [3.8, 4) is 21.8 Å². The van der Waals surface area contributed by atoms with Crippen molar-refractivity contribution in [3.63, 3.8) is 0 Å². The number of aryl methyl sites for hydroxylation is 3. The maximum atomic E-state index is 5.22. The number of thiazole rings is 1. The first-order valence-electron chi connectivity index (χ1n) is 8.59. The van der Waals surface area contributed by atoms with Crippen LogP contribution in [0.25, 0.3) is 21.8 Å². The van der Waals surface area contributed by atoms with E-state index in [0.717, 1.165) is 51.0 Å². The Bertz CT molecular complexity index is 1030. The Kier molecular flexibility index (Phi) is 5.00. The Hall–Kier alpha value is -2.58. The van der Waals surface area contributed by atoms with Crippen LogP contribution in [0, 0.1) is 20.8 Å². The lowest BCUT2D eigenvalue weighted by atomic mass is 10.1. The molecule has 138 valence electrons. The van der Waals surface area contributed by atoms with Crippen LogP contribution in [0.2, 0.25) is 0 Å². The van der Waals surface area contributed by atoms with E-state index in [2.05, 4.69) is 37.3 Å². The first-order chi connectivity index (χ1) is 13.1. The zero-order valence-electron chi connectivity index (χ0n) is 15.3. The molecular weight excluding hydrogens is 378 g/mol. The largest absolute Gasteiger partial charge is 0.361 e. The van der Waals surface area contributed by atoms with Crippen LogP contribution >= 0.6 is 22.7 Å². The Labute approximate surface area is 165 Å². The number of rotatable bonds is 6. The molecule has 0 bridgehead atoms. The van der Waals surface area contributed by atoms with Crippen LogP contribution < -0.4 is 5.32 Å². The number of nitrogens with one attached hydrogen (secondary N) is 1. The van der Waals surface area contributed by atoms with E-state index < -0.39 is 0 Å². The van der Waals surface area contributed by atoms with E-state index in [1.165, 1.54) is 0 Å². The molecule has 6 nitrogen and oxygen atoms in total. The normalized spacial score (nSPS) is 11.1. The molecule has 0 aliphatic rings. The van der Waals surface area contributed by atoms with E-state index >= 15 is 0 Å². The fourth-order valence-corrected chi connectivity index (χ4v) is 4.33. The first-order valence-corrected chi connectivity index (χ1v) is 10.4. The van der Waals surface area contributed by atoms with Gasteiger partial charge in [-0.3, -0.25) is 0 Å². The minimum Gasteiger partial charge on any atom is -0.361 e. The summed E-state index contributed by atoms with van der Waals surface area (Å²) in [6.45, 7) is 6.59. The van der Waals surface area contributed by atoms with Crippen molar-refractivity contribution >= 4 is 28.6 Å². The third-order valence-electron chi connectivity index (χ3n) is 4.28. The van der Waals surface area contributed by atoms with Gasteiger partial charge in [0.05, 0.1) is 5.69 Å². The second-order valence-corrected chi connectivity index (χ2v) is 7.88. The maximum absolute atomic E-state index is 5.22. The minimum atomic E-state index is 0.601. The van der Waals surface area contributed by atoms with Gasteiger partial charge in [0.15, 0.2) is 0 Å². The highest BCUT2D eigenvalue weighted by molar-refractivity contribution is 7.13. The van der Waals surface area contributed by atoms with Crippen molar-refractivity contribution in [2.45, 2.75) is 27.2 Å². The van der Waals surface area contributed by atoms with Gasteiger partial charge in [0.1, 0.15) is 16.5 Å². The molecule has 27 heavy (non-hydrogen) atoms. The molecule has 8 heteroatoms. The lowest BCUT2D eigenvalue weighted by Gasteiger charge is -2.09. The summed E-state index contributed by atoms with van der Waals surface area (Å²) in [7, 11) is 0. The van der Waals surface area contributed by atoms with Crippen molar-refractivity contribution in [3.05, 3.63) is 51.1 Å². The van der Waals surface area contributed by atoms with Gasteiger partial charge in [-0.15, -0.1) is 11.3 Å². The minimum absolute atomic E-state index is 0.601. The predicted molar refractivity (Wildman–Crippen MR) is 109 cm³/mol. The zero-order chi connectivity index (χ0) is 18.8. The van der Waals surface area contributed by atoms with E-state index in [0.29, 0.717) is 12.5 Å². The van der Waals surface area contributed by atoms with Gasteiger partial charge in [0.25, 0.3) is 0 Å². The molecule has 0 aliphatic heterocycles. The Morgan fingerprint density at radius 1 is 1.15 bits per heavy atom. The summed E-state index contributed by atoms with van der Waals surface area (Å²) < 4.78 is 5.22. The molecule has 0 saturated carbocycles. The van der Waals surface area contributed by atoms with E-state index in [1.807, 2.05) is 32.3 Å². The topological polar surface area (TPSA) is 76.7 Å². The number of hydrogen-bond acceptors (Lipinski definition) is 8. The molecular formula is C19H19N5OS2. The van der Waals surface area contributed by atoms with Gasteiger partial charge in [-0.25, -0.2) is 15.0 Å². The van der Waals surface area contributed by atoms with E-state index in [-0.39, 0.29) is 0 Å². The highest BCUT2D eigenvalue weighted by atomic mass is 32.1. The van der Waals surface area contributed by atoms with Crippen molar-refractivity contribution in [1.82, 2.24) is 20.1 Å². The first kappa shape index (κ1) is 17.8. The lowest BCUT2D eigenvalue weighted by Crippen LogP contribution is -2.09. The van der Waals surface area contributed by atoms with Gasteiger partial charge in [0, 0.05) is 34.9 Å². The van der Waals surface area contributed by atoms with E-state index in [9.17, 15) is 0 Å². The van der Waals surface area contributed by atoms with Crippen LogP contribution in [-0.4, -0.2) is 26.7 Å². The molecule has 4 heterocycles. The molecule has 0 amide bonds. The quantitative estimate of drug-likeness (QED) is 0.499. The molecule has 4 aromatic heterocycles. The molecule has 1 N–H and O–H groups in total. The van der Waals surface area contributed by atoms with Gasteiger partial charge < -0.3 is 9.84 Å². The average molecular weight is 398 g/mol. The highest BCUT2D eigenvalue weighted by Gasteiger charge is 2.15.